The maximum atomic E-state index is 13.4. The van der Waals surface area contributed by atoms with Gasteiger partial charge in [0.25, 0.3) is 11.8 Å². The SMILES string of the molecule is CN(C(=O)c1n[nH]c2c1CCCC2)[C@@H](CCCNC(=O)c1cccn1C)c1ccccc1. The molecule has 1 atom stereocenters. The van der Waals surface area contributed by atoms with Crippen LogP contribution in [0.4, 0.5) is 0 Å². The van der Waals surface area contributed by atoms with E-state index in [4.69, 9.17) is 0 Å². The van der Waals surface area contributed by atoms with Crippen molar-refractivity contribution in [2.24, 2.45) is 7.05 Å². The average Bonchev–Trinajstić information content (AvgIpc) is 3.45. The Balaban J connectivity index is 1.43. The fourth-order valence-electron chi connectivity index (χ4n) is 4.51. The standard InChI is InChI=1S/C25H31N5O2/c1-29-17-9-15-22(29)24(31)26-16-8-14-21(18-10-4-3-5-11-18)30(2)25(32)23-19-12-6-7-13-20(19)27-28-23/h3-5,9-11,15,17,21H,6-8,12-14,16H2,1-2H3,(H,26,31)(H,27,28)/t21-/m0/s1. The van der Waals surface area contributed by atoms with Crippen molar-refractivity contribution in [1.29, 1.82) is 0 Å². The summed E-state index contributed by atoms with van der Waals surface area (Å²) in [7, 11) is 3.71. The summed E-state index contributed by atoms with van der Waals surface area (Å²) in [6, 6.07) is 13.6. The Morgan fingerprint density at radius 1 is 1.16 bits per heavy atom. The van der Waals surface area contributed by atoms with Crippen molar-refractivity contribution < 1.29 is 9.59 Å². The number of benzene rings is 1. The topological polar surface area (TPSA) is 83.0 Å². The molecule has 2 aromatic heterocycles. The van der Waals surface area contributed by atoms with Gasteiger partial charge < -0.3 is 14.8 Å². The summed E-state index contributed by atoms with van der Waals surface area (Å²) in [5.74, 6) is -0.132. The van der Waals surface area contributed by atoms with E-state index in [1.807, 2.05) is 44.6 Å². The molecule has 32 heavy (non-hydrogen) atoms. The van der Waals surface area contributed by atoms with Gasteiger partial charge in [-0.25, -0.2) is 0 Å². The lowest BCUT2D eigenvalue weighted by atomic mass is 9.95. The first-order valence-corrected chi connectivity index (χ1v) is 11.3. The zero-order chi connectivity index (χ0) is 22.5. The van der Waals surface area contributed by atoms with E-state index in [1.165, 1.54) is 0 Å². The highest BCUT2D eigenvalue weighted by molar-refractivity contribution is 5.94. The number of nitrogens with one attached hydrogen (secondary N) is 2. The molecule has 0 saturated heterocycles. The monoisotopic (exact) mass is 433 g/mol. The van der Waals surface area contributed by atoms with Crippen LogP contribution in [0.15, 0.2) is 48.7 Å². The molecule has 0 bridgehead atoms. The van der Waals surface area contributed by atoms with E-state index in [0.29, 0.717) is 17.9 Å². The number of aryl methyl sites for hydroxylation is 2. The second-order valence-electron chi connectivity index (χ2n) is 8.48. The molecule has 0 aliphatic heterocycles. The molecule has 0 unspecified atom stereocenters. The Kier molecular flexibility index (Phi) is 6.73. The second kappa shape index (κ2) is 9.85. The Hall–Kier alpha value is -3.35. The average molecular weight is 434 g/mol. The van der Waals surface area contributed by atoms with Crippen LogP contribution in [0.1, 0.15) is 69.5 Å². The minimum Gasteiger partial charge on any atom is -0.351 e. The van der Waals surface area contributed by atoms with Gasteiger partial charge in [-0.05, 0) is 56.2 Å². The Labute approximate surface area is 188 Å². The van der Waals surface area contributed by atoms with E-state index in [1.54, 1.807) is 15.5 Å². The normalized spacial score (nSPS) is 13.9. The summed E-state index contributed by atoms with van der Waals surface area (Å²) in [5, 5.41) is 10.4. The van der Waals surface area contributed by atoms with Crippen LogP contribution in [0, 0.1) is 0 Å². The number of aromatic nitrogens is 3. The van der Waals surface area contributed by atoms with Gasteiger partial charge in [-0.2, -0.15) is 5.10 Å². The van der Waals surface area contributed by atoms with E-state index >= 15 is 0 Å². The number of hydrogen-bond donors (Lipinski definition) is 2. The molecule has 1 aromatic carbocycles. The third-order valence-electron chi connectivity index (χ3n) is 6.35. The Morgan fingerprint density at radius 3 is 2.69 bits per heavy atom. The Bertz CT molecular complexity index is 1070. The number of carbonyl (C=O) groups is 2. The Morgan fingerprint density at radius 2 is 1.94 bits per heavy atom. The van der Waals surface area contributed by atoms with Crippen LogP contribution in [0.2, 0.25) is 0 Å². The highest BCUT2D eigenvalue weighted by Gasteiger charge is 2.28. The van der Waals surface area contributed by atoms with E-state index in [0.717, 1.165) is 55.3 Å². The van der Waals surface area contributed by atoms with E-state index < -0.39 is 0 Å². The number of hydrogen-bond acceptors (Lipinski definition) is 3. The van der Waals surface area contributed by atoms with Gasteiger partial charge in [-0.1, -0.05) is 30.3 Å². The van der Waals surface area contributed by atoms with Crippen LogP contribution in [0.3, 0.4) is 0 Å². The van der Waals surface area contributed by atoms with Crippen molar-refractivity contribution >= 4 is 11.8 Å². The molecule has 2 amide bonds. The quantitative estimate of drug-likeness (QED) is 0.532. The first-order chi connectivity index (χ1) is 15.6. The summed E-state index contributed by atoms with van der Waals surface area (Å²) < 4.78 is 1.80. The van der Waals surface area contributed by atoms with Crippen molar-refractivity contribution in [3.63, 3.8) is 0 Å². The first-order valence-electron chi connectivity index (χ1n) is 11.3. The molecule has 7 nitrogen and oxygen atoms in total. The number of H-pyrrole nitrogens is 1. The number of carbonyl (C=O) groups excluding carboxylic acids is 2. The maximum Gasteiger partial charge on any atom is 0.274 e. The van der Waals surface area contributed by atoms with Gasteiger partial charge in [0.1, 0.15) is 5.69 Å². The van der Waals surface area contributed by atoms with Crippen molar-refractivity contribution in [3.8, 4) is 0 Å². The minimum absolute atomic E-state index is 0.0499. The van der Waals surface area contributed by atoms with E-state index in [-0.39, 0.29) is 17.9 Å². The molecule has 3 aromatic rings. The van der Waals surface area contributed by atoms with Crippen molar-refractivity contribution in [3.05, 3.63) is 76.9 Å². The van der Waals surface area contributed by atoms with Crippen molar-refractivity contribution in [2.75, 3.05) is 13.6 Å². The van der Waals surface area contributed by atoms with Gasteiger partial charge in [-0.3, -0.25) is 14.7 Å². The zero-order valence-corrected chi connectivity index (χ0v) is 18.8. The van der Waals surface area contributed by atoms with Crippen LogP contribution in [-0.2, 0) is 19.9 Å². The van der Waals surface area contributed by atoms with E-state index in [2.05, 4.69) is 27.6 Å². The van der Waals surface area contributed by atoms with Gasteiger partial charge >= 0.3 is 0 Å². The van der Waals surface area contributed by atoms with Crippen LogP contribution >= 0.6 is 0 Å². The molecule has 0 saturated carbocycles. The first kappa shape index (κ1) is 21.9. The fourth-order valence-corrected chi connectivity index (χ4v) is 4.51. The highest BCUT2D eigenvalue weighted by Crippen LogP contribution is 2.28. The molecule has 0 radical (unpaired) electrons. The molecule has 0 fully saturated rings. The molecule has 1 aliphatic carbocycles. The number of amides is 2. The molecule has 2 N–H and O–H groups in total. The molecule has 4 rings (SSSR count). The number of fused-ring (bicyclic) bond motifs is 1. The smallest absolute Gasteiger partial charge is 0.274 e. The van der Waals surface area contributed by atoms with Crippen LogP contribution in [0.5, 0.6) is 0 Å². The molecule has 1 aliphatic rings. The lowest BCUT2D eigenvalue weighted by Crippen LogP contribution is -2.33. The molecule has 2 heterocycles. The van der Waals surface area contributed by atoms with Crippen molar-refractivity contribution in [1.82, 2.24) is 25.0 Å². The summed E-state index contributed by atoms with van der Waals surface area (Å²) in [5.41, 5.74) is 4.46. The minimum atomic E-state index is -0.0911. The van der Waals surface area contributed by atoms with E-state index in [9.17, 15) is 9.59 Å². The summed E-state index contributed by atoms with van der Waals surface area (Å²) >= 11 is 0. The summed E-state index contributed by atoms with van der Waals surface area (Å²) in [6.07, 6.45) is 7.45. The molecule has 168 valence electrons. The molecular formula is C25H31N5O2. The van der Waals surface area contributed by atoms with Crippen LogP contribution < -0.4 is 5.32 Å². The third-order valence-corrected chi connectivity index (χ3v) is 6.35. The van der Waals surface area contributed by atoms with Gasteiger partial charge in [0, 0.05) is 38.1 Å². The lowest BCUT2D eigenvalue weighted by Gasteiger charge is -2.29. The summed E-state index contributed by atoms with van der Waals surface area (Å²) in [4.78, 5) is 27.6. The predicted molar refractivity (Wildman–Crippen MR) is 123 cm³/mol. The largest absolute Gasteiger partial charge is 0.351 e. The van der Waals surface area contributed by atoms with Gasteiger partial charge in [-0.15, -0.1) is 0 Å². The maximum absolute atomic E-state index is 13.4. The van der Waals surface area contributed by atoms with Gasteiger partial charge in [0.05, 0.1) is 6.04 Å². The van der Waals surface area contributed by atoms with Crippen LogP contribution in [0.25, 0.3) is 0 Å². The number of nitrogens with zero attached hydrogens (tertiary/aromatic N) is 3. The van der Waals surface area contributed by atoms with Gasteiger partial charge in [0.2, 0.25) is 0 Å². The molecule has 0 spiro atoms. The summed E-state index contributed by atoms with van der Waals surface area (Å²) in [6.45, 7) is 0.549. The number of rotatable bonds is 8. The molecule has 7 heteroatoms. The van der Waals surface area contributed by atoms with Crippen LogP contribution in [-0.4, -0.2) is 45.1 Å². The zero-order valence-electron chi connectivity index (χ0n) is 18.8. The second-order valence-corrected chi connectivity index (χ2v) is 8.48. The predicted octanol–water partition coefficient (Wildman–Crippen LogP) is 3.65. The fraction of sp³-hybridized carbons (Fsp3) is 0.400. The third kappa shape index (κ3) is 4.61. The molecular weight excluding hydrogens is 402 g/mol. The van der Waals surface area contributed by atoms with Gasteiger partial charge in [0.15, 0.2) is 5.69 Å². The number of aromatic amines is 1. The lowest BCUT2D eigenvalue weighted by molar-refractivity contribution is 0.0711. The highest BCUT2D eigenvalue weighted by atomic mass is 16.2. The van der Waals surface area contributed by atoms with Crippen molar-refractivity contribution in [2.45, 2.75) is 44.6 Å².